The molecule has 0 atom stereocenters. The van der Waals surface area contributed by atoms with Crippen LogP contribution in [0.5, 0.6) is 0 Å². The van der Waals surface area contributed by atoms with Crippen LogP contribution < -0.4 is 0 Å². The summed E-state index contributed by atoms with van der Waals surface area (Å²) in [5.74, 6) is -1.24. The van der Waals surface area contributed by atoms with E-state index in [-0.39, 0.29) is 6.42 Å². The van der Waals surface area contributed by atoms with Gasteiger partial charge in [-0.15, -0.1) is 0 Å². The van der Waals surface area contributed by atoms with Crippen molar-refractivity contribution in [2.45, 2.75) is 13.3 Å². The Morgan fingerprint density at radius 2 is 1.26 bits per heavy atom. The smallest absolute Gasteiger partial charge is 0.185 e. The first-order valence-corrected chi connectivity index (χ1v) is 8.88. The van der Waals surface area contributed by atoms with Crippen LogP contribution in [0.25, 0.3) is 0 Å². The second-order valence-corrected chi connectivity index (χ2v) is 6.97. The lowest BCUT2D eigenvalue weighted by Gasteiger charge is -2.25. The van der Waals surface area contributed by atoms with Crippen molar-refractivity contribution in [2.75, 3.05) is 0 Å². The van der Waals surface area contributed by atoms with Gasteiger partial charge in [0, 0.05) is 23.1 Å². The van der Waals surface area contributed by atoms with Gasteiger partial charge in [-0.05, 0) is 12.5 Å². The molecule has 0 radical (unpaired) electrons. The van der Waals surface area contributed by atoms with Gasteiger partial charge in [-0.3, -0.25) is 14.4 Å². The third-order valence-electron chi connectivity index (χ3n) is 5.21. The average Bonchev–Trinajstić information content (AvgIpc) is 2.92. The first-order valence-electron chi connectivity index (χ1n) is 8.88. The van der Waals surface area contributed by atoms with E-state index < -0.39 is 22.8 Å². The maximum Gasteiger partial charge on any atom is 0.185 e. The third kappa shape index (κ3) is 2.63. The van der Waals surface area contributed by atoms with E-state index in [0.717, 1.165) is 11.1 Å². The number of fused-ring (bicyclic) bond motifs is 1. The first kappa shape index (κ1) is 17.1. The number of hydrogen-bond donors (Lipinski definition) is 0. The Balaban J connectivity index is 1.89. The molecule has 0 aromatic heterocycles. The lowest BCUT2D eigenvalue weighted by molar-refractivity contribution is 0.0614. The SMILES string of the molecule is Cc1ccc(C(=O)C2(Cc3ccccc3)C(=O)c3ccccc3C2=O)cc1. The van der Waals surface area contributed by atoms with E-state index in [9.17, 15) is 14.4 Å². The maximum absolute atomic E-state index is 13.5. The minimum Gasteiger partial charge on any atom is -0.293 e. The Labute approximate surface area is 157 Å². The number of aryl methyl sites for hydroxylation is 1. The van der Waals surface area contributed by atoms with E-state index in [0.29, 0.717) is 16.7 Å². The highest BCUT2D eigenvalue weighted by Crippen LogP contribution is 2.42. The second kappa shape index (κ2) is 6.44. The van der Waals surface area contributed by atoms with Crippen LogP contribution in [0, 0.1) is 12.3 Å². The minimum atomic E-state index is -1.74. The normalized spacial score (nSPS) is 14.9. The molecule has 1 aliphatic carbocycles. The molecule has 0 bridgehead atoms. The molecule has 3 nitrogen and oxygen atoms in total. The highest BCUT2D eigenvalue weighted by atomic mass is 16.2. The largest absolute Gasteiger partial charge is 0.293 e. The molecule has 0 saturated carbocycles. The molecule has 3 aromatic carbocycles. The zero-order valence-electron chi connectivity index (χ0n) is 14.9. The lowest BCUT2D eigenvalue weighted by Crippen LogP contribution is -2.44. The molecule has 0 saturated heterocycles. The van der Waals surface area contributed by atoms with Gasteiger partial charge in [0.2, 0.25) is 0 Å². The van der Waals surface area contributed by atoms with Crippen LogP contribution in [0.1, 0.15) is 42.2 Å². The average molecular weight is 354 g/mol. The number of rotatable bonds is 4. The number of carbonyl (C=O) groups is 3. The monoisotopic (exact) mass is 354 g/mol. The Hall–Kier alpha value is -3.33. The van der Waals surface area contributed by atoms with Crippen molar-refractivity contribution in [3.05, 3.63) is 107 Å². The number of ketones is 3. The summed E-state index contributed by atoms with van der Waals surface area (Å²) in [4.78, 5) is 40.3. The van der Waals surface area contributed by atoms with Gasteiger partial charge >= 0.3 is 0 Å². The molecule has 0 spiro atoms. The van der Waals surface area contributed by atoms with Crippen molar-refractivity contribution >= 4 is 17.3 Å². The molecule has 4 rings (SSSR count). The van der Waals surface area contributed by atoms with Crippen molar-refractivity contribution < 1.29 is 14.4 Å². The van der Waals surface area contributed by atoms with Crippen molar-refractivity contribution in [2.24, 2.45) is 5.41 Å². The fourth-order valence-corrected chi connectivity index (χ4v) is 3.74. The van der Waals surface area contributed by atoms with Gasteiger partial charge in [0.15, 0.2) is 22.8 Å². The van der Waals surface area contributed by atoms with E-state index in [1.165, 1.54) is 0 Å². The summed E-state index contributed by atoms with van der Waals surface area (Å²) in [7, 11) is 0. The fourth-order valence-electron chi connectivity index (χ4n) is 3.74. The van der Waals surface area contributed by atoms with Gasteiger partial charge < -0.3 is 0 Å². The van der Waals surface area contributed by atoms with Crippen LogP contribution in [0.15, 0.2) is 78.9 Å². The highest BCUT2D eigenvalue weighted by Gasteiger charge is 2.58. The van der Waals surface area contributed by atoms with Gasteiger partial charge in [0.05, 0.1) is 0 Å². The Kier molecular flexibility index (Phi) is 4.08. The van der Waals surface area contributed by atoms with Crippen LogP contribution in [-0.2, 0) is 6.42 Å². The fraction of sp³-hybridized carbons (Fsp3) is 0.125. The van der Waals surface area contributed by atoms with Gasteiger partial charge in [-0.1, -0.05) is 84.4 Å². The highest BCUT2D eigenvalue weighted by molar-refractivity contribution is 6.41. The molecule has 3 heteroatoms. The van der Waals surface area contributed by atoms with Crippen molar-refractivity contribution in [1.82, 2.24) is 0 Å². The second-order valence-electron chi connectivity index (χ2n) is 6.97. The molecule has 132 valence electrons. The maximum atomic E-state index is 13.5. The standard InChI is InChI=1S/C24H18O3/c1-16-11-13-18(14-12-16)21(25)24(15-17-7-3-2-4-8-17)22(26)19-9-5-6-10-20(19)23(24)27/h2-14H,15H2,1H3. The molecule has 0 N–H and O–H groups in total. The minimum absolute atomic E-state index is 0.0624. The summed E-state index contributed by atoms with van der Waals surface area (Å²) in [6, 6.07) is 23.0. The Bertz CT molecular complexity index is 1010. The number of benzene rings is 3. The van der Waals surface area contributed by atoms with Crippen molar-refractivity contribution in [1.29, 1.82) is 0 Å². The number of hydrogen-bond acceptors (Lipinski definition) is 3. The van der Waals surface area contributed by atoms with Gasteiger partial charge in [-0.25, -0.2) is 0 Å². The predicted molar refractivity (Wildman–Crippen MR) is 103 cm³/mol. The van der Waals surface area contributed by atoms with E-state index in [2.05, 4.69) is 0 Å². The number of Topliss-reactive ketones (excluding diaryl/α,β-unsaturated/α-hetero) is 3. The van der Waals surface area contributed by atoms with Crippen LogP contribution in [0.2, 0.25) is 0 Å². The topological polar surface area (TPSA) is 51.2 Å². The van der Waals surface area contributed by atoms with Crippen LogP contribution in [-0.4, -0.2) is 17.3 Å². The quantitative estimate of drug-likeness (QED) is 0.512. The molecule has 1 aliphatic rings. The summed E-state index contributed by atoms with van der Waals surface area (Å²) < 4.78 is 0. The first-order chi connectivity index (χ1) is 13.0. The van der Waals surface area contributed by atoms with Crippen molar-refractivity contribution in [3.63, 3.8) is 0 Å². The van der Waals surface area contributed by atoms with Gasteiger partial charge in [-0.2, -0.15) is 0 Å². The van der Waals surface area contributed by atoms with E-state index in [1.54, 1.807) is 36.4 Å². The summed E-state index contributed by atoms with van der Waals surface area (Å²) in [5.41, 5.74) is 1.10. The zero-order chi connectivity index (χ0) is 19.0. The van der Waals surface area contributed by atoms with E-state index >= 15 is 0 Å². The predicted octanol–water partition coefficient (Wildman–Crippen LogP) is 4.49. The molecule has 0 aliphatic heterocycles. The number of carbonyl (C=O) groups excluding carboxylic acids is 3. The molecular weight excluding hydrogens is 336 g/mol. The van der Waals surface area contributed by atoms with Crippen molar-refractivity contribution in [3.8, 4) is 0 Å². The summed E-state index contributed by atoms with van der Waals surface area (Å²) in [6.07, 6.45) is 0.0624. The molecule has 0 fully saturated rings. The Morgan fingerprint density at radius 3 is 1.81 bits per heavy atom. The van der Waals surface area contributed by atoms with Crippen LogP contribution in [0.3, 0.4) is 0 Å². The van der Waals surface area contributed by atoms with E-state index in [1.807, 2.05) is 49.4 Å². The Morgan fingerprint density at radius 1 is 0.741 bits per heavy atom. The van der Waals surface area contributed by atoms with Crippen LogP contribution >= 0.6 is 0 Å². The van der Waals surface area contributed by atoms with Gasteiger partial charge in [0.1, 0.15) is 0 Å². The van der Waals surface area contributed by atoms with E-state index in [4.69, 9.17) is 0 Å². The zero-order valence-corrected chi connectivity index (χ0v) is 14.9. The summed E-state index contributed by atoms with van der Waals surface area (Å²) >= 11 is 0. The summed E-state index contributed by atoms with van der Waals surface area (Å²) in [6.45, 7) is 1.93. The summed E-state index contributed by atoms with van der Waals surface area (Å²) in [5, 5.41) is 0. The molecule has 27 heavy (non-hydrogen) atoms. The van der Waals surface area contributed by atoms with Crippen LogP contribution in [0.4, 0.5) is 0 Å². The lowest BCUT2D eigenvalue weighted by atomic mass is 9.71. The molecular formula is C24H18O3. The van der Waals surface area contributed by atoms with Gasteiger partial charge in [0.25, 0.3) is 0 Å². The molecule has 0 amide bonds. The third-order valence-corrected chi connectivity index (χ3v) is 5.21. The molecule has 0 heterocycles. The molecule has 0 unspecified atom stereocenters. The molecule has 3 aromatic rings.